The second-order valence-electron chi connectivity index (χ2n) is 5.29. The van der Waals surface area contributed by atoms with Crippen LogP contribution in [0.3, 0.4) is 0 Å². The lowest BCUT2D eigenvalue weighted by Crippen LogP contribution is -2.47. The van der Waals surface area contributed by atoms with Crippen molar-refractivity contribution in [3.05, 3.63) is 47.9 Å². The molecule has 0 radical (unpaired) electrons. The Morgan fingerprint density at radius 2 is 1.71 bits per heavy atom. The van der Waals surface area contributed by atoms with E-state index in [0.29, 0.717) is 5.69 Å². The van der Waals surface area contributed by atoms with Crippen molar-refractivity contribution in [1.29, 1.82) is 0 Å². The minimum atomic E-state index is -0.167. The van der Waals surface area contributed by atoms with Gasteiger partial charge in [0.25, 0.3) is 0 Å². The van der Waals surface area contributed by atoms with E-state index in [1.165, 1.54) is 6.07 Å². The summed E-state index contributed by atoms with van der Waals surface area (Å²) in [6, 6.07) is 8.82. The Labute approximate surface area is 124 Å². The first-order valence-electron chi connectivity index (χ1n) is 7.12. The molecule has 1 saturated heterocycles. The maximum Gasteiger partial charge on any atom is 0.152 e. The summed E-state index contributed by atoms with van der Waals surface area (Å²) >= 11 is 0. The number of anilines is 3. The average molecular weight is 286 g/mol. The van der Waals surface area contributed by atoms with Gasteiger partial charge in [0.1, 0.15) is 5.82 Å². The van der Waals surface area contributed by atoms with Crippen LogP contribution in [-0.2, 0) is 0 Å². The highest BCUT2D eigenvalue weighted by atomic mass is 19.1. The van der Waals surface area contributed by atoms with Crippen molar-refractivity contribution in [2.45, 2.75) is 6.92 Å². The highest BCUT2D eigenvalue weighted by Gasteiger charge is 2.21. The van der Waals surface area contributed by atoms with Crippen LogP contribution >= 0.6 is 0 Å². The molecule has 1 aliphatic rings. The third kappa shape index (κ3) is 2.63. The predicted molar refractivity (Wildman–Crippen MR) is 84.2 cm³/mol. The van der Waals surface area contributed by atoms with Gasteiger partial charge < -0.3 is 15.5 Å². The quantitative estimate of drug-likeness (QED) is 0.921. The number of nitrogens with zero attached hydrogens (tertiary/aromatic N) is 3. The van der Waals surface area contributed by atoms with Gasteiger partial charge in [0.2, 0.25) is 0 Å². The van der Waals surface area contributed by atoms with Crippen LogP contribution in [-0.4, -0.2) is 31.2 Å². The number of piperazine rings is 1. The van der Waals surface area contributed by atoms with Crippen LogP contribution in [0, 0.1) is 12.7 Å². The zero-order valence-electron chi connectivity index (χ0n) is 12.1. The number of rotatable bonds is 2. The molecule has 0 atom stereocenters. The highest BCUT2D eigenvalue weighted by Crippen LogP contribution is 2.26. The lowest BCUT2D eigenvalue weighted by molar-refractivity contribution is 0.596. The smallest absolute Gasteiger partial charge is 0.152 e. The molecule has 110 valence electrons. The number of benzene rings is 1. The molecule has 4 nitrogen and oxygen atoms in total. The van der Waals surface area contributed by atoms with Gasteiger partial charge in [-0.15, -0.1) is 0 Å². The Morgan fingerprint density at radius 3 is 2.43 bits per heavy atom. The van der Waals surface area contributed by atoms with Gasteiger partial charge in [-0.2, -0.15) is 0 Å². The lowest BCUT2D eigenvalue weighted by atomic mass is 10.2. The molecule has 1 aromatic carbocycles. The van der Waals surface area contributed by atoms with Crippen molar-refractivity contribution in [2.75, 3.05) is 41.7 Å². The number of aromatic nitrogens is 1. The molecule has 2 aromatic rings. The number of hydrogen-bond acceptors (Lipinski definition) is 4. The standard InChI is InChI=1S/C16H19FN4/c1-12-6-7-19-16(15(12)18)21-10-8-20(9-11-21)14-5-3-2-4-13(14)17/h2-7H,8-11,18H2,1H3. The maximum atomic E-state index is 13.8. The Kier molecular flexibility index (Phi) is 3.64. The molecule has 1 aromatic heterocycles. The zero-order chi connectivity index (χ0) is 14.8. The average Bonchev–Trinajstić information content (AvgIpc) is 2.51. The molecular weight excluding hydrogens is 267 g/mol. The molecule has 2 N–H and O–H groups in total. The van der Waals surface area contributed by atoms with Gasteiger partial charge in [-0.1, -0.05) is 12.1 Å². The fraction of sp³-hybridized carbons (Fsp3) is 0.312. The number of nitrogen functional groups attached to an aromatic ring is 1. The molecule has 0 aliphatic carbocycles. The number of halogens is 1. The summed E-state index contributed by atoms with van der Waals surface area (Å²) in [6.07, 6.45) is 1.78. The van der Waals surface area contributed by atoms with Gasteiger partial charge >= 0.3 is 0 Å². The summed E-state index contributed by atoms with van der Waals surface area (Å²) in [5.74, 6) is 0.669. The molecule has 0 bridgehead atoms. The van der Waals surface area contributed by atoms with Crippen LogP contribution in [0.5, 0.6) is 0 Å². The Morgan fingerprint density at radius 1 is 1.05 bits per heavy atom. The van der Waals surface area contributed by atoms with Crippen LogP contribution in [0.4, 0.5) is 21.6 Å². The minimum absolute atomic E-state index is 0.167. The van der Waals surface area contributed by atoms with E-state index in [4.69, 9.17) is 5.73 Å². The van der Waals surface area contributed by atoms with E-state index < -0.39 is 0 Å². The van der Waals surface area contributed by atoms with Crippen molar-refractivity contribution in [2.24, 2.45) is 0 Å². The third-order valence-corrected chi connectivity index (χ3v) is 3.96. The normalized spacial score (nSPS) is 15.3. The molecule has 3 rings (SSSR count). The Balaban J connectivity index is 1.74. The van der Waals surface area contributed by atoms with E-state index in [9.17, 15) is 4.39 Å². The number of hydrogen-bond donors (Lipinski definition) is 1. The van der Waals surface area contributed by atoms with Crippen molar-refractivity contribution >= 4 is 17.2 Å². The molecule has 1 fully saturated rings. The molecule has 1 aliphatic heterocycles. The van der Waals surface area contributed by atoms with Gasteiger partial charge in [-0.05, 0) is 30.7 Å². The maximum absolute atomic E-state index is 13.8. The molecule has 0 saturated carbocycles. The molecule has 0 unspecified atom stereocenters. The number of nitrogens with two attached hydrogens (primary N) is 1. The fourth-order valence-corrected chi connectivity index (χ4v) is 2.67. The fourth-order valence-electron chi connectivity index (χ4n) is 2.67. The molecule has 21 heavy (non-hydrogen) atoms. The van der Waals surface area contributed by atoms with E-state index in [2.05, 4.69) is 14.8 Å². The number of para-hydroxylation sites is 1. The van der Waals surface area contributed by atoms with Crippen molar-refractivity contribution < 1.29 is 4.39 Å². The van der Waals surface area contributed by atoms with Crippen molar-refractivity contribution in [3.63, 3.8) is 0 Å². The van der Waals surface area contributed by atoms with Crippen LogP contribution in [0.15, 0.2) is 36.5 Å². The second kappa shape index (κ2) is 5.60. The first-order chi connectivity index (χ1) is 10.2. The van der Waals surface area contributed by atoms with Gasteiger partial charge in [-0.25, -0.2) is 9.37 Å². The Hall–Kier alpha value is -2.30. The van der Waals surface area contributed by atoms with Crippen LogP contribution in [0.2, 0.25) is 0 Å². The van der Waals surface area contributed by atoms with Gasteiger partial charge in [0.15, 0.2) is 5.82 Å². The van der Waals surface area contributed by atoms with Crippen molar-refractivity contribution in [1.82, 2.24) is 4.98 Å². The number of aryl methyl sites for hydroxylation is 1. The van der Waals surface area contributed by atoms with Crippen LogP contribution < -0.4 is 15.5 Å². The van der Waals surface area contributed by atoms with E-state index in [-0.39, 0.29) is 5.82 Å². The van der Waals surface area contributed by atoms with Gasteiger partial charge in [0.05, 0.1) is 11.4 Å². The van der Waals surface area contributed by atoms with E-state index in [0.717, 1.165) is 43.2 Å². The number of pyridine rings is 1. The van der Waals surface area contributed by atoms with E-state index >= 15 is 0 Å². The molecular formula is C16H19FN4. The largest absolute Gasteiger partial charge is 0.396 e. The molecule has 2 heterocycles. The highest BCUT2D eigenvalue weighted by molar-refractivity contribution is 5.67. The zero-order valence-corrected chi connectivity index (χ0v) is 12.1. The van der Waals surface area contributed by atoms with Crippen molar-refractivity contribution in [3.8, 4) is 0 Å². The van der Waals surface area contributed by atoms with Gasteiger partial charge in [-0.3, -0.25) is 0 Å². The minimum Gasteiger partial charge on any atom is -0.396 e. The topological polar surface area (TPSA) is 45.4 Å². The summed E-state index contributed by atoms with van der Waals surface area (Å²) < 4.78 is 13.8. The first-order valence-corrected chi connectivity index (χ1v) is 7.12. The second-order valence-corrected chi connectivity index (χ2v) is 5.29. The SMILES string of the molecule is Cc1ccnc(N2CCN(c3ccccc3F)CC2)c1N. The van der Waals surface area contributed by atoms with Crippen LogP contribution in [0.25, 0.3) is 0 Å². The van der Waals surface area contributed by atoms with E-state index in [1.807, 2.05) is 25.1 Å². The van der Waals surface area contributed by atoms with Crippen LogP contribution in [0.1, 0.15) is 5.56 Å². The summed E-state index contributed by atoms with van der Waals surface area (Å²) in [5, 5.41) is 0. The Bertz CT molecular complexity index is 636. The monoisotopic (exact) mass is 286 g/mol. The third-order valence-electron chi connectivity index (χ3n) is 3.96. The summed E-state index contributed by atoms with van der Waals surface area (Å²) in [6.45, 7) is 5.08. The summed E-state index contributed by atoms with van der Waals surface area (Å²) in [7, 11) is 0. The van der Waals surface area contributed by atoms with E-state index in [1.54, 1.807) is 12.3 Å². The molecule has 0 amide bonds. The first kappa shape index (κ1) is 13.7. The summed E-state index contributed by atoms with van der Waals surface area (Å²) in [4.78, 5) is 8.62. The van der Waals surface area contributed by atoms with Gasteiger partial charge in [0, 0.05) is 32.4 Å². The molecule has 5 heteroatoms. The lowest BCUT2D eigenvalue weighted by Gasteiger charge is -2.37. The molecule has 0 spiro atoms. The summed E-state index contributed by atoms with van der Waals surface area (Å²) in [5.41, 5.74) is 8.55. The predicted octanol–water partition coefficient (Wildman–Crippen LogP) is 2.44.